The molecule has 11 atom stereocenters. The summed E-state index contributed by atoms with van der Waals surface area (Å²) in [5.74, 6) is -1.96. The van der Waals surface area contributed by atoms with Crippen molar-refractivity contribution in [2.24, 2.45) is 35.0 Å². The first kappa shape index (κ1) is 27.4. The van der Waals surface area contributed by atoms with E-state index >= 15 is 0 Å². The molecule has 40 heavy (non-hydrogen) atoms. The predicted molar refractivity (Wildman–Crippen MR) is 142 cm³/mol. The molecule has 2 saturated carbocycles. The van der Waals surface area contributed by atoms with Gasteiger partial charge in [0.25, 0.3) is 5.56 Å². The molecule has 10 nitrogen and oxygen atoms in total. The number of rotatable bonds is 4. The summed E-state index contributed by atoms with van der Waals surface area (Å²) in [6.45, 7) is 9.30. The van der Waals surface area contributed by atoms with E-state index in [4.69, 9.17) is 14.2 Å². The third-order valence-corrected chi connectivity index (χ3v) is 10.6. The van der Waals surface area contributed by atoms with Crippen molar-refractivity contribution >= 4 is 17.9 Å². The lowest BCUT2D eigenvalue weighted by Gasteiger charge is -2.45. The maximum Gasteiger partial charge on any atom is 0.311 e. The number of piperidine rings is 1. The molecule has 0 spiro atoms. The summed E-state index contributed by atoms with van der Waals surface area (Å²) in [6.07, 6.45) is -0.765. The van der Waals surface area contributed by atoms with Gasteiger partial charge in [0.2, 0.25) is 0 Å². The fourth-order valence-electron chi connectivity index (χ4n) is 9.21. The van der Waals surface area contributed by atoms with Gasteiger partial charge in [-0.2, -0.15) is 0 Å². The molecule has 0 aromatic carbocycles. The number of hydrogen-bond donors (Lipinski definition) is 1. The fourth-order valence-corrected chi connectivity index (χ4v) is 9.21. The van der Waals surface area contributed by atoms with E-state index in [0.717, 1.165) is 25.2 Å². The van der Waals surface area contributed by atoms with Gasteiger partial charge in [0, 0.05) is 81.4 Å². The normalized spacial score (nSPS) is 42.2. The Hall–Kier alpha value is -2.72. The molecule has 4 fully saturated rings. The molecule has 2 aliphatic carbocycles. The summed E-state index contributed by atoms with van der Waals surface area (Å²) in [5.41, 5.74) is 0.160. The van der Waals surface area contributed by atoms with E-state index in [9.17, 15) is 24.3 Å². The Balaban J connectivity index is 1.29. The standard InChI is InChI=1S/C30H40N2O8/c1-15-8-22-26(28(36)30(4)24(39-17(3)34)10-23(27(15)30)38-16(2)33)20(29(37)40-22)14-31-11-18-9-19(13-31)21-6-5-7-25(35)32(21)12-18/h5-7,15,18-20,22-24,26-28,36H,8-14H2,1-4H3/t15-,18-,19+,20-,22+,23+,24+,26-,27-,28+,30-/m1/s1. The monoisotopic (exact) mass is 556 g/mol. The van der Waals surface area contributed by atoms with Gasteiger partial charge in [0.15, 0.2) is 0 Å². The molecule has 6 rings (SSSR count). The highest BCUT2D eigenvalue weighted by molar-refractivity contribution is 5.76. The number of aromatic nitrogens is 1. The number of esters is 3. The van der Waals surface area contributed by atoms with Crippen molar-refractivity contribution in [3.05, 3.63) is 34.2 Å². The maximum absolute atomic E-state index is 13.4. The molecule has 4 heterocycles. The van der Waals surface area contributed by atoms with Crippen molar-refractivity contribution in [3.8, 4) is 0 Å². The van der Waals surface area contributed by atoms with E-state index in [-0.39, 0.29) is 29.3 Å². The highest BCUT2D eigenvalue weighted by Crippen LogP contribution is 2.59. The van der Waals surface area contributed by atoms with E-state index < -0.39 is 53.6 Å². The average molecular weight is 557 g/mol. The first-order chi connectivity index (χ1) is 19.0. The molecule has 0 amide bonds. The second-order valence-electron chi connectivity index (χ2n) is 13.1. The van der Waals surface area contributed by atoms with Gasteiger partial charge in [-0.25, -0.2) is 0 Å². The SMILES string of the molecule is CC(=O)O[C@H]1C[C@H](OC(C)=O)[C@]2(C)[C@@H]1[C@H](C)C[C@@H]1OC(=O)[C@H](CN3C[C@H]4C[C@@H](C3)c3cccc(=O)n3C4)[C@H]1[C@@H]2O. The Morgan fingerprint density at radius 2 is 1.82 bits per heavy atom. The molecule has 1 aromatic rings. The van der Waals surface area contributed by atoms with Crippen molar-refractivity contribution < 1.29 is 33.7 Å². The minimum atomic E-state index is -1.00. The molecule has 3 aliphatic heterocycles. The van der Waals surface area contributed by atoms with Crippen LogP contribution in [-0.2, 0) is 35.1 Å². The lowest BCUT2D eigenvalue weighted by molar-refractivity contribution is -0.165. The molecule has 1 N–H and O–H groups in total. The fraction of sp³-hybridized carbons (Fsp3) is 0.733. The second-order valence-corrected chi connectivity index (χ2v) is 13.1. The second kappa shape index (κ2) is 9.98. The minimum Gasteiger partial charge on any atom is -0.462 e. The summed E-state index contributed by atoms with van der Waals surface area (Å²) in [4.78, 5) is 52.2. The molecule has 218 valence electrons. The van der Waals surface area contributed by atoms with Crippen LogP contribution in [0, 0.1) is 35.0 Å². The topological polar surface area (TPSA) is 124 Å². The Kier molecular flexibility index (Phi) is 6.85. The quantitative estimate of drug-likeness (QED) is 0.436. The van der Waals surface area contributed by atoms with E-state index in [1.807, 2.05) is 30.5 Å². The van der Waals surface area contributed by atoms with E-state index in [1.165, 1.54) is 13.8 Å². The number of ether oxygens (including phenoxy) is 3. The average Bonchev–Trinajstić information content (AvgIpc) is 3.28. The number of likely N-dealkylation sites (tertiary alicyclic amines) is 1. The first-order valence-electron chi connectivity index (χ1n) is 14.6. The Morgan fingerprint density at radius 1 is 1.07 bits per heavy atom. The van der Waals surface area contributed by atoms with Crippen molar-refractivity contribution in [1.29, 1.82) is 0 Å². The minimum absolute atomic E-state index is 0.0345. The highest BCUT2D eigenvalue weighted by Gasteiger charge is 2.67. The summed E-state index contributed by atoms with van der Waals surface area (Å²) in [5, 5.41) is 12.2. The number of aliphatic hydroxyl groups excluding tert-OH is 1. The molecule has 5 aliphatic rings. The molecular formula is C30H40N2O8. The number of carbonyl (C=O) groups excluding carboxylic acids is 3. The third kappa shape index (κ3) is 4.38. The molecule has 2 saturated heterocycles. The largest absolute Gasteiger partial charge is 0.462 e. The van der Waals surface area contributed by atoms with E-state index in [0.29, 0.717) is 31.8 Å². The summed E-state index contributed by atoms with van der Waals surface area (Å²) >= 11 is 0. The first-order valence-corrected chi connectivity index (χ1v) is 14.6. The van der Waals surface area contributed by atoms with Crippen LogP contribution in [-0.4, -0.2) is 76.5 Å². The van der Waals surface area contributed by atoms with Gasteiger partial charge in [0.05, 0.1) is 12.0 Å². The number of fused-ring (bicyclic) bond motifs is 6. The van der Waals surface area contributed by atoms with Gasteiger partial charge in [-0.15, -0.1) is 0 Å². The molecule has 10 heteroatoms. The van der Waals surface area contributed by atoms with Crippen LogP contribution in [0.3, 0.4) is 0 Å². The smallest absolute Gasteiger partial charge is 0.311 e. The number of nitrogens with zero attached hydrogens (tertiary/aromatic N) is 2. The van der Waals surface area contributed by atoms with Gasteiger partial charge in [-0.3, -0.25) is 19.2 Å². The van der Waals surface area contributed by atoms with Crippen molar-refractivity contribution in [3.63, 3.8) is 0 Å². The van der Waals surface area contributed by atoms with Crippen LogP contribution in [0.15, 0.2) is 23.0 Å². The molecular weight excluding hydrogens is 516 g/mol. The lowest BCUT2D eigenvalue weighted by atomic mass is 9.66. The van der Waals surface area contributed by atoms with Crippen LogP contribution in [0.1, 0.15) is 58.6 Å². The van der Waals surface area contributed by atoms with E-state index in [1.54, 1.807) is 6.07 Å². The predicted octanol–water partition coefficient (Wildman–Crippen LogP) is 1.72. The van der Waals surface area contributed by atoms with Gasteiger partial charge >= 0.3 is 17.9 Å². The number of hydrogen-bond acceptors (Lipinski definition) is 9. The van der Waals surface area contributed by atoms with Crippen molar-refractivity contribution in [1.82, 2.24) is 9.47 Å². The zero-order valence-electron chi connectivity index (χ0n) is 23.7. The Labute approximate surface area is 233 Å². The summed E-state index contributed by atoms with van der Waals surface area (Å²) < 4.78 is 19.3. The lowest BCUT2D eigenvalue weighted by Crippen LogP contribution is -2.53. The van der Waals surface area contributed by atoms with Crippen LogP contribution in [0.5, 0.6) is 0 Å². The van der Waals surface area contributed by atoms with Crippen molar-refractivity contribution in [2.75, 3.05) is 19.6 Å². The number of pyridine rings is 1. The zero-order valence-corrected chi connectivity index (χ0v) is 23.7. The molecule has 2 bridgehead atoms. The van der Waals surface area contributed by atoms with Crippen LogP contribution in [0.2, 0.25) is 0 Å². The van der Waals surface area contributed by atoms with E-state index in [2.05, 4.69) is 4.90 Å². The molecule has 0 unspecified atom stereocenters. The van der Waals surface area contributed by atoms with Crippen LogP contribution in [0.4, 0.5) is 0 Å². The molecule has 1 aromatic heterocycles. The van der Waals surface area contributed by atoms with Crippen LogP contribution < -0.4 is 5.56 Å². The van der Waals surface area contributed by atoms with Gasteiger partial charge in [-0.05, 0) is 30.7 Å². The number of aliphatic hydroxyl groups is 1. The summed E-state index contributed by atoms with van der Waals surface area (Å²) in [7, 11) is 0. The number of carbonyl (C=O) groups is 3. The molecule has 0 radical (unpaired) electrons. The van der Waals surface area contributed by atoms with Gasteiger partial charge < -0.3 is 28.8 Å². The summed E-state index contributed by atoms with van der Waals surface area (Å²) in [6, 6.07) is 5.45. The van der Waals surface area contributed by atoms with Crippen LogP contribution >= 0.6 is 0 Å². The Morgan fingerprint density at radius 3 is 2.55 bits per heavy atom. The van der Waals surface area contributed by atoms with Crippen molar-refractivity contribution in [2.45, 2.75) is 83.8 Å². The zero-order chi connectivity index (χ0) is 28.5. The van der Waals surface area contributed by atoms with Crippen LogP contribution in [0.25, 0.3) is 0 Å². The van der Waals surface area contributed by atoms with Gasteiger partial charge in [0.1, 0.15) is 18.3 Å². The Bertz CT molecular complexity index is 1260. The highest BCUT2D eigenvalue weighted by atomic mass is 16.6. The third-order valence-electron chi connectivity index (χ3n) is 10.6. The van der Waals surface area contributed by atoms with Gasteiger partial charge in [-0.1, -0.05) is 19.9 Å². The maximum atomic E-state index is 13.4.